The van der Waals surface area contributed by atoms with Crippen LogP contribution in [-0.4, -0.2) is 59.2 Å². The maximum atomic E-state index is 14.0. The van der Waals surface area contributed by atoms with E-state index >= 15 is 0 Å². The van der Waals surface area contributed by atoms with E-state index < -0.39 is 12.1 Å². The van der Waals surface area contributed by atoms with Crippen molar-refractivity contribution in [3.8, 4) is 11.4 Å². The molecule has 7 rings (SSSR count). The predicted octanol–water partition coefficient (Wildman–Crippen LogP) is 3.93. The highest BCUT2D eigenvalue weighted by atomic mass is 19.4. The summed E-state index contributed by atoms with van der Waals surface area (Å²) in [5.41, 5.74) is 0.820. The third kappa shape index (κ3) is 3.60. The molecular weight excluding hydrogens is 501 g/mol. The molecule has 2 aromatic rings. The van der Waals surface area contributed by atoms with E-state index in [4.69, 9.17) is 4.74 Å². The minimum absolute atomic E-state index is 0.209. The van der Waals surface area contributed by atoms with Crippen LogP contribution in [0.1, 0.15) is 54.8 Å². The van der Waals surface area contributed by atoms with E-state index in [2.05, 4.69) is 20.0 Å². The van der Waals surface area contributed by atoms with Crippen molar-refractivity contribution in [2.75, 3.05) is 26.3 Å². The van der Waals surface area contributed by atoms with Gasteiger partial charge in [-0.15, -0.1) is 0 Å². The number of ether oxygens (including phenoxy) is 1. The molecule has 1 N–H and O–H groups in total. The Morgan fingerprint density at radius 3 is 2.68 bits per heavy atom. The Hall–Kier alpha value is -2.95. The minimum atomic E-state index is -4.72. The minimum Gasteiger partial charge on any atom is -0.377 e. The molecule has 4 saturated carbocycles. The highest BCUT2D eigenvalue weighted by Crippen LogP contribution is 2.79. The van der Waals surface area contributed by atoms with Crippen LogP contribution < -0.4 is 5.32 Å². The number of amides is 2. The largest absolute Gasteiger partial charge is 0.471 e. The third-order valence-electron chi connectivity index (χ3n) is 9.98. The summed E-state index contributed by atoms with van der Waals surface area (Å²) in [4.78, 5) is 32.2. The molecule has 5 aliphatic rings. The monoisotopic (exact) mass is 530 g/mol. The lowest BCUT2D eigenvalue weighted by atomic mass is 9.55. The molecule has 0 radical (unpaired) electrons. The van der Waals surface area contributed by atoms with Crippen LogP contribution in [0.5, 0.6) is 0 Å². The third-order valence-corrected chi connectivity index (χ3v) is 9.98. The molecule has 38 heavy (non-hydrogen) atoms. The first-order chi connectivity index (χ1) is 18.2. The van der Waals surface area contributed by atoms with E-state index in [1.807, 2.05) is 4.90 Å². The lowest BCUT2D eigenvalue weighted by Gasteiger charge is -2.49. The standard InChI is InChI=1S/C27H29F3N4O4/c28-27(29,30)23-32-21(33-38-23)16-1-3-17(4-2-16)22(35)31-12-20-13-37-6-5-34(20)24(36)25-9-15-7-18-8-19(11-25)26(18,10-15)14-25/h1-4,15,18-20H,5-14H2,(H,31,35)/t15?,18?,19?,20-,25?,26?/m0/s1. The first-order valence-electron chi connectivity index (χ1n) is 13.4. The number of benzene rings is 1. The number of carbonyl (C=O) groups excluding carboxylic acids is 2. The van der Waals surface area contributed by atoms with Gasteiger partial charge in [-0.2, -0.15) is 18.2 Å². The highest BCUT2D eigenvalue weighted by Gasteiger charge is 2.73. The zero-order valence-electron chi connectivity index (χ0n) is 20.8. The molecule has 6 atom stereocenters. The van der Waals surface area contributed by atoms with Gasteiger partial charge in [0.05, 0.1) is 24.7 Å². The van der Waals surface area contributed by atoms with Crippen LogP contribution in [-0.2, 0) is 15.7 Å². The maximum absolute atomic E-state index is 14.0. The summed E-state index contributed by atoms with van der Waals surface area (Å²) < 4.78 is 48.1. The van der Waals surface area contributed by atoms with E-state index in [1.54, 1.807) is 0 Å². The van der Waals surface area contributed by atoms with Crippen LogP contribution in [0.15, 0.2) is 28.8 Å². The maximum Gasteiger partial charge on any atom is 0.471 e. The quantitative estimate of drug-likeness (QED) is 0.629. The Balaban J connectivity index is 1.01. The van der Waals surface area contributed by atoms with Crippen LogP contribution in [0.3, 0.4) is 0 Å². The molecule has 2 heterocycles. The number of alkyl halides is 3. The first-order valence-corrected chi connectivity index (χ1v) is 13.4. The van der Waals surface area contributed by atoms with E-state index in [9.17, 15) is 22.8 Å². The fourth-order valence-electron chi connectivity index (χ4n) is 8.54. The number of rotatable bonds is 5. The van der Waals surface area contributed by atoms with Crippen LogP contribution in [0.25, 0.3) is 11.4 Å². The number of halogens is 3. The van der Waals surface area contributed by atoms with Crippen molar-refractivity contribution in [2.45, 2.75) is 50.7 Å². The smallest absolute Gasteiger partial charge is 0.377 e. The van der Waals surface area contributed by atoms with Gasteiger partial charge in [0, 0.05) is 24.2 Å². The molecule has 5 unspecified atom stereocenters. The zero-order chi connectivity index (χ0) is 26.3. The van der Waals surface area contributed by atoms with Crippen LogP contribution in [0.4, 0.5) is 13.2 Å². The fourth-order valence-corrected chi connectivity index (χ4v) is 8.54. The molecule has 3 bridgehead atoms. The summed E-state index contributed by atoms with van der Waals surface area (Å²) in [6.45, 7) is 1.68. The summed E-state index contributed by atoms with van der Waals surface area (Å²) in [6, 6.07) is 5.69. The van der Waals surface area contributed by atoms with Crippen molar-refractivity contribution in [3.05, 3.63) is 35.7 Å². The molecule has 1 spiro atoms. The van der Waals surface area contributed by atoms with E-state index in [-0.39, 0.29) is 35.6 Å². The van der Waals surface area contributed by atoms with Crippen LogP contribution >= 0.6 is 0 Å². The molecule has 11 heteroatoms. The molecule has 1 aromatic heterocycles. The Labute approximate surface area is 217 Å². The second kappa shape index (κ2) is 8.27. The molecule has 5 fully saturated rings. The van der Waals surface area contributed by atoms with E-state index in [1.165, 1.54) is 43.5 Å². The van der Waals surface area contributed by atoms with Gasteiger partial charge in [-0.1, -0.05) is 17.3 Å². The molecule has 4 aliphatic carbocycles. The van der Waals surface area contributed by atoms with Crippen molar-refractivity contribution >= 4 is 11.8 Å². The van der Waals surface area contributed by atoms with Gasteiger partial charge in [0.15, 0.2) is 0 Å². The zero-order valence-corrected chi connectivity index (χ0v) is 20.8. The molecular formula is C27H29F3N4O4. The van der Waals surface area contributed by atoms with Crippen molar-refractivity contribution in [1.29, 1.82) is 0 Å². The average Bonchev–Trinajstić information content (AvgIpc) is 3.53. The second-order valence-corrected chi connectivity index (χ2v) is 12.0. The van der Waals surface area contributed by atoms with Gasteiger partial charge in [-0.3, -0.25) is 9.59 Å². The Kier molecular flexibility index (Phi) is 5.25. The van der Waals surface area contributed by atoms with Gasteiger partial charge >= 0.3 is 12.1 Å². The molecule has 1 aliphatic heterocycles. The normalized spacial score (nSPS) is 35.2. The van der Waals surface area contributed by atoms with Gasteiger partial charge in [0.25, 0.3) is 5.91 Å². The molecule has 1 aromatic carbocycles. The second-order valence-electron chi connectivity index (χ2n) is 12.0. The molecule has 8 nitrogen and oxygen atoms in total. The van der Waals surface area contributed by atoms with Crippen LogP contribution in [0.2, 0.25) is 0 Å². The average molecular weight is 531 g/mol. The van der Waals surface area contributed by atoms with E-state index in [0.717, 1.165) is 25.2 Å². The van der Waals surface area contributed by atoms with Crippen molar-refractivity contribution in [3.63, 3.8) is 0 Å². The van der Waals surface area contributed by atoms with Gasteiger partial charge in [0.1, 0.15) is 0 Å². The lowest BCUT2D eigenvalue weighted by molar-refractivity contribution is -0.159. The number of carbonyl (C=O) groups is 2. The number of nitrogens with zero attached hydrogens (tertiary/aromatic N) is 3. The SMILES string of the molecule is O=C(NC[C@H]1COCCN1C(=O)C12CC3CC4CC(C1)C4(C3)C2)c1ccc(-c2noc(C(F)(F)F)n2)cc1. The summed E-state index contributed by atoms with van der Waals surface area (Å²) in [7, 11) is 0. The number of morpholine rings is 1. The lowest BCUT2D eigenvalue weighted by Crippen LogP contribution is -2.57. The Bertz CT molecular complexity index is 1280. The highest BCUT2D eigenvalue weighted by molar-refractivity contribution is 5.94. The van der Waals surface area contributed by atoms with Gasteiger partial charge < -0.3 is 19.5 Å². The number of aromatic nitrogens is 2. The number of nitrogens with one attached hydrogen (secondary N) is 1. The van der Waals surface area contributed by atoms with Gasteiger partial charge in [-0.25, -0.2) is 0 Å². The van der Waals surface area contributed by atoms with Gasteiger partial charge in [0.2, 0.25) is 11.7 Å². The number of hydrogen-bond acceptors (Lipinski definition) is 6. The van der Waals surface area contributed by atoms with Crippen molar-refractivity contribution < 1.29 is 32.0 Å². The van der Waals surface area contributed by atoms with Gasteiger partial charge in [-0.05, 0) is 73.8 Å². The fraction of sp³-hybridized carbons (Fsp3) is 0.630. The summed E-state index contributed by atoms with van der Waals surface area (Å²) >= 11 is 0. The Morgan fingerprint density at radius 2 is 1.92 bits per heavy atom. The number of hydrogen-bond donors (Lipinski definition) is 1. The topological polar surface area (TPSA) is 97.6 Å². The predicted molar refractivity (Wildman–Crippen MR) is 126 cm³/mol. The summed E-state index contributed by atoms with van der Waals surface area (Å²) in [6.07, 6.45) is 2.25. The van der Waals surface area contributed by atoms with E-state index in [0.29, 0.717) is 48.1 Å². The Morgan fingerprint density at radius 1 is 1.11 bits per heavy atom. The van der Waals surface area contributed by atoms with Crippen molar-refractivity contribution in [2.24, 2.45) is 28.6 Å². The molecule has 2 amide bonds. The summed E-state index contributed by atoms with van der Waals surface area (Å²) in [5, 5.41) is 6.28. The number of fused-ring (bicyclic) bond motifs is 2. The van der Waals surface area contributed by atoms with Crippen LogP contribution in [0, 0.1) is 28.6 Å². The summed E-state index contributed by atoms with van der Waals surface area (Å²) in [5.74, 6) is 0.494. The first kappa shape index (κ1) is 24.1. The molecule has 1 saturated heterocycles. The molecule has 202 valence electrons. The van der Waals surface area contributed by atoms with Crippen molar-refractivity contribution in [1.82, 2.24) is 20.4 Å².